The van der Waals surface area contributed by atoms with Gasteiger partial charge in [-0.1, -0.05) is 25.5 Å². The summed E-state index contributed by atoms with van der Waals surface area (Å²) in [6, 6.07) is 0. The van der Waals surface area contributed by atoms with Crippen LogP contribution in [0, 0.1) is 5.41 Å². The molecule has 102 valence electrons. The average molecular weight is 261 g/mol. The van der Waals surface area contributed by atoms with Gasteiger partial charge in [0.25, 0.3) is 0 Å². The Kier molecular flexibility index (Phi) is 3.83. The average Bonchev–Trinajstić information content (AvgIpc) is 2.91. The highest BCUT2D eigenvalue weighted by Crippen LogP contribution is 2.34. The molecule has 0 radical (unpaired) electrons. The van der Waals surface area contributed by atoms with E-state index in [0.29, 0.717) is 5.82 Å². The van der Waals surface area contributed by atoms with Crippen molar-refractivity contribution in [3.8, 4) is 0 Å². The van der Waals surface area contributed by atoms with Crippen molar-refractivity contribution in [2.75, 3.05) is 11.9 Å². The molecule has 1 aromatic heterocycles. The van der Waals surface area contributed by atoms with Gasteiger partial charge in [-0.2, -0.15) is 0 Å². The number of carboxylic acids is 1. The van der Waals surface area contributed by atoms with Gasteiger partial charge in [-0.25, -0.2) is 14.8 Å². The quantitative estimate of drug-likeness (QED) is 0.797. The Morgan fingerprint density at radius 3 is 2.74 bits per heavy atom. The van der Waals surface area contributed by atoms with Gasteiger partial charge in [0.15, 0.2) is 5.69 Å². The van der Waals surface area contributed by atoms with Gasteiger partial charge >= 0.3 is 5.97 Å². The topological polar surface area (TPSA) is 75.1 Å². The van der Waals surface area contributed by atoms with Gasteiger partial charge in [-0.05, 0) is 19.3 Å². The first-order chi connectivity index (χ1) is 8.99. The van der Waals surface area contributed by atoms with Crippen molar-refractivity contribution >= 4 is 11.8 Å². The Morgan fingerprint density at radius 1 is 1.42 bits per heavy atom. The molecule has 0 saturated heterocycles. The molecule has 19 heavy (non-hydrogen) atoms. The summed E-state index contributed by atoms with van der Waals surface area (Å²) in [6.45, 7) is 5.17. The molecule has 5 heteroatoms. The van der Waals surface area contributed by atoms with E-state index in [0.717, 1.165) is 13.0 Å². The largest absolute Gasteiger partial charge is 0.476 e. The summed E-state index contributed by atoms with van der Waals surface area (Å²) >= 11 is 0. The fourth-order valence-corrected chi connectivity index (χ4v) is 2.24. The molecule has 0 aliphatic heterocycles. The van der Waals surface area contributed by atoms with Crippen LogP contribution in [0.4, 0.5) is 5.82 Å². The summed E-state index contributed by atoms with van der Waals surface area (Å²) in [6.07, 6.45) is 8.63. The van der Waals surface area contributed by atoms with Crippen LogP contribution in [0.3, 0.4) is 0 Å². The van der Waals surface area contributed by atoms with Gasteiger partial charge in [-0.3, -0.25) is 0 Å². The van der Waals surface area contributed by atoms with Gasteiger partial charge in [-0.15, -0.1) is 0 Å². The fraction of sp³-hybridized carbons (Fsp3) is 0.500. The highest BCUT2D eigenvalue weighted by Gasteiger charge is 2.24. The molecule has 0 bridgehead atoms. The predicted octanol–water partition coefficient (Wildman–Crippen LogP) is 2.72. The molecule has 0 spiro atoms. The minimum atomic E-state index is -1.06. The van der Waals surface area contributed by atoms with Crippen LogP contribution in [-0.4, -0.2) is 27.6 Å². The first-order valence-corrected chi connectivity index (χ1v) is 6.48. The molecule has 0 aromatic carbocycles. The van der Waals surface area contributed by atoms with Crippen molar-refractivity contribution in [2.45, 2.75) is 33.1 Å². The number of nitrogens with zero attached hydrogens (tertiary/aromatic N) is 2. The van der Waals surface area contributed by atoms with Crippen molar-refractivity contribution in [3.63, 3.8) is 0 Å². The third-order valence-corrected chi connectivity index (χ3v) is 3.49. The van der Waals surface area contributed by atoms with Gasteiger partial charge in [0.2, 0.25) is 0 Å². The number of aromatic nitrogens is 2. The van der Waals surface area contributed by atoms with E-state index in [1.165, 1.54) is 30.8 Å². The molecule has 0 saturated carbocycles. The molecule has 2 N–H and O–H groups in total. The fourth-order valence-electron chi connectivity index (χ4n) is 2.24. The second-order valence-corrected chi connectivity index (χ2v) is 5.45. The van der Waals surface area contributed by atoms with Crippen molar-refractivity contribution < 1.29 is 9.90 Å². The number of hydrogen-bond acceptors (Lipinski definition) is 4. The minimum absolute atomic E-state index is 0.0386. The summed E-state index contributed by atoms with van der Waals surface area (Å²) < 4.78 is 0. The van der Waals surface area contributed by atoms with Crippen LogP contribution in [0.5, 0.6) is 0 Å². The normalized spacial score (nSPS) is 15.2. The number of allylic oxidation sites excluding steroid dienone is 1. The van der Waals surface area contributed by atoms with Crippen LogP contribution in [0.25, 0.3) is 0 Å². The lowest BCUT2D eigenvalue weighted by atomic mass is 9.83. The second kappa shape index (κ2) is 5.38. The highest BCUT2D eigenvalue weighted by atomic mass is 16.4. The third kappa shape index (κ3) is 3.30. The van der Waals surface area contributed by atoms with E-state index in [-0.39, 0.29) is 11.1 Å². The Balaban J connectivity index is 1.96. The molecule has 0 unspecified atom stereocenters. The lowest BCUT2D eigenvalue weighted by Gasteiger charge is -2.27. The van der Waals surface area contributed by atoms with E-state index in [9.17, 15) is 4.79 Å². The van der Waals surface area contributed by atoms with E-state index in [1.807, 2.05) is 0 Å². The van der Waals surface area contributed by atoms with Crippen LogP contribution in [0.2, 0.25) is 0 Å². The minimum Gasteiger partial charge on any atom is -0.476 e. The molecule has 5 nitrogen and oxygen atoms in total. The number of nitrogens with one attached hydrogen (secondary N) is 1. The summed E-state index contributed by atoms with van der Waals surface area (Å²) in [5.41, 5.74) is 1.53. The number of anilines is 1. The maximum atomic E-state index is 10.7. The summed E-state index contributed by atoms with van der Waals surface area (Å²) in [5, 5.41) is 12.0. The SMILES string of the molecule is CC(C)(CNc1cnc(C(=O)O)cn1)C1=CCCC1. The second-order valence-electron chi connectivity index (χ2n) is 5.45. The monoisotopic (exact) mass is 261 g/mol. The van der Waals surface area contributed by atoms with E-state index in [4.69, 9.17) is 5.11 Å². The molecule has 1 aromatic rings. The molecule has 0 atom stereocenters. The van der Waals surface area contributed by atoms with Gasteiger partial charge < -0.3 is 10.4 Å². The van der Waals surface area contributed by atoms with Gasteiger partial charge in [0.1, 0.15) is 5.82 Å². The third-order valence-electron chi connectivity index (χ3n) is 3.49. The summed E-state index contributed by atoms with van der Waals surface area (Å²) in [7, 11) is 0. The van der Waals surface area contributed by atoms with Crippen LogP contribution in [0.1, 0.15) is 43.6 Å². The number of aromatic carboxylic acids is 1. The highest BCUT2D eigenvalue weighted by molar-refractivity contribution is 5.84. The maximum Gasteiger partial charge on any atom is 0.356 e. The van der Waals surface area contributed by atoms with Crippen LogP contribution in [0.15, 0.2) is 24.0 Å². The molecule has 1 aliphatic carbocycles. The number of carbonyl (C=O) groups is 1. The number of carboxylic acid groups (broad SMARTS) is 1. The van der Waals surface area contributed by atoms with E-state index in [2.05, 4.69) is 35.2 Å². The van der Waals surface area contributed by atoms with Gasteiger partial charge in [0, 0.05) is 12.0 Å². The van der Waals surface area contributed by atoms with E-state index in [1.54, 1.807) is 0 Å². The van der Waals surface area contributed by atoms with Crippen molar-refractivity contribution in [2.24, 2.45) is 5.41 Å². The van der Waals surface area contributed by atoms with Crippen LogP contribution in [-0.2, 0) is 0 Å². The number of rotatable bonds is 5. The van der Waals surface area contributed by atoms with Crippen molar-refractivity contribution in [1.82, 2.24) is 9.97 Å². The molecule has 0 amide bonds. The predicted molar refractivity (Wildman–Crippen MR) is 73.2 cm³/mol. The Morgan fingerprint density at radius 2 is 2.21 bits per heavy atom. The Labute approximate surface area is 112 Å². The van der Waals surface area contributed by atoms with E-state index < -0.39 is 5.97 Å². The first-order valence-electron chi connectivity index (χ1n) is 6.48. The van der Waals surface area contributed by atoms with Crippen molar-refractivity contribution in [3.05, 3.63) is 29.7 Å². The molecule has 2 rings (SSSR count). The van der Waals surface area contributed by atoms with Crippen molar-refractivity contribution in [1.29, 1.82) is 0 Å². The molecular formula is C14H19N3O2. The van der Waals surface area contributed by atoms with E-state index >= 15 is 0 Å². The molecular weight excluding hydrogens is 242 g/mol. The number of hydrogen-bond donors (Lipinski definition) is 2. The summed E-state index contributed by atoms with van der Waals surface area (Å²) in [4.78, 5) is 18.6. The lowest BCUT2D eigenvalue weighted by molar-refractivity contribution is 0.0690. The zero-order chi connectivity index (χ0) is 13.9. The maximum absolute atomic E-state index is 10.7. The standard InChI is InChI=1S/C14H19N3O2/c1-14(2,10-5-3-4-6-10)9-17-12-8-15-11(7-16-12)13(18)19/h5,7-8H,3-4,6,9H2,1-2H3,(H,16,17)(H,18,19). The zero-order valence-electron chi connectivity index (χ0n) is 11.3. The van der Waals surface area contributed by atoms with Crippen LogP contribution >= 0.6 is 0 Å². The lowest BCUT2D eigenvalue weighted by Crippen LogP contribution is -2.25. The smallest absolute Gasteiger partial charge is 0.356 e. The van der Waals surface area contributed by atoms with Crippen LogP contribution < -0.4 is 5.32 Å². The van der Waals surface area contributed by atoms with Gasteiger partial charge in [0.05, 0.1) is 12.4 Å². The molecule has 1 heterocycles. The first kappa shape index (κ1) is 13.5. The molecule has 0 fully saturated rings. The summed E-state index contributed by atoms with van der Waals surface area (Å²) in [5.74, 6) is -0.452. The Bertz CT molecular complexity index is 492. The Hall–Kier alpha value is -1.91. The zero-order valence-corrected chi connectivity index (χ0v) is 11.3. The molecule has 1 aliphatic rings.